The van der Waals surface area contributed by atoms with Gasteiger partial charge in [0.1, 0.15) is 18.0 Å². The number of nitrogens with one attached hydrogen (secondary N) is 1. The van der Waals surface area contributed by atoms with Crippen LogP contribution < -0.4 is 10.1 Å². The minimum absolute atomic E-state index is 0.0942. The number of amides is 1. The highest BCUT2D eigenvalue weighted by atomic mass is 35.5. The van der Waals surface area contributed by atoms with Crippen LogP contribution in [0.5, 0.6) is 5.88 Å². The summed E-state index contributed by atoms with van der Waals surface area (Å²) in [5.41, 5.74) is -1.10. The van der Waals surface area contributed by atoms with Crippen LogP contribution in [-0.2, 0) is 4.79 Å². The van der Waals surface area contributed by atoms with Crippen molar-refractivity contribution in [2.75, 3.05) is 6.61 Å². The van der Waals surface area contributed by atoms with Gasteiger partial charge in [-0.05, 0) is 48.2 Å². The van der Waals surface area contributed by atoms with Crippen molar-refractivity contribution in [3.8, 4) is 11.6 Å². The van der Waals surface area contributed by atoms with Crippen molar-refractivity contribution in [3.63, 3.8) is 0 Å². The molecule has 1 aromatic heterocycles. The molecule has 8 nitrogen and oxygen atoms in total. The van der Waals surface area contributed by atoms with Gasteiger partial charge in [0.25, 0.3) is 5.91 Å². The number of hydrogen-bond donors (Lipinski definition) is 3. The Hall–Kier alpha value is -3.14. The maximum absolute atomic E-state index is 13.5. The van der Waals surface area contributed by atoms with E-state index < -0.39 is 41.2 Å². The molecule has 198 valence electrons. The zero-order valence-electron chi connectivity index (χ0n) is 20.8. The van der Waals surface area contributed by atoms with Crippen LogP contribution >= 0.6 is 23.2 Å². The monoisotopic (exact) mass is 551 g/mol. The fraction of sp³-hybridized carbons (Fsp3) is 0.346. The number of aliphatic hydroxyl groups is 1. The molecule has 3 rings (SSSR count). The zero-order valence-corrected chi connectivity index (χ0v) is 22.3. The molecule has 0 bridgehead atoms. The Morgan fingerprint density at radius 2 is 1.78 bits per heavy atom. The first-order valence-corrected chi connectivity index (χ1v) is 12.1. The summed E-state index contributed by atoms with van der Waals surface area (Å²) in [4.78, 5) is 24.7. The van der Waals surface area contributed by atoms with Crippen molar-refractivity contribution in [1.82, 2.24) is 15.1 Å². The largest absolute Gasteiger partial charge is 0.481 e. The van der Waals surface area contributed by atoms with Crippen LogP contribution in [0, 0.1) is 11.2 Å². The molecule has 0 spiro atoms. The van der Waals surface area contributed by atoms with Crippen LogP contribution in [0.4, 0.5) is 4.39 Å². The maximum atomic E-state index is 13.5. The summed E-state index contributed by atoms with van der Waals surface area (Å²) in [7, 11) is 0. The smallest absolute Gasteiger partial charge is 0.305 e. The Kier molecular flexibility index (Phi) is 8.52. The lowest BCUT2D eigenvalue weighted by atomic mass is 9.78. The van der Waals surface area contributed by atoms with Crippen molar-refractivity contribution < 1.29 is 28.9 Å². The molecule has 1 amide bonds. The molecule has 1 heterocycles. The van der Waals surface area contributed by atoms with Crippen molar-refractivity contribution in [2.24, 2.45) is 5.41 Å². The topological polar surface area (TPSA) is 114 Å². The molecule has 0 radical (unpaired) electrons. The third kappa shape index (κ3) is 6.80. The number of rotatable bonds is 9. The van der Waals surface area contributed by atoms with Crippen LogP contribution in [0.1, 0.15) is 56.2 Å². The molecule has 2 aromatic carbocycles. The van der Waals surface area contributed by atoms with Gasteiger partial charge in [-0.1, -0.05) is 56.1 Å². The average molecular weight is 552 g/mol. The molecule has 3 N–H and O–H groups in total. The van der Waals surface area contributed by atoms with Crippen LogP contribution in [0.15, 0.2) is 48.5 Å². The van der Waals surface area contributed by atoms with E-state index in [1.54, 1.807) is 25.1 Å². The molecule has 0 aliphatic heterocycles. The van der Waals surface area contributed by atoms with Crippen molar-refractivity contribution in [3.05, 3.63) is 75.7 Å². The van der Waals surface area contributed by atoms with Crippen molar-refractivity contribution in [2.45, 2.75) is 45.8 Å². The second kappa shape index (κ2) is 11.1. The van der Waals surface area contributed by atoms with Gasteiger partial charge in [-0.2, -0.15) is 5.10 Å². The normalized spacial score (nSPS) is 14.1. The van der Waals surface area contributed by atoms with E-state index in [4.69, 9.17) is 27.9 Å². The molecule has 2 atom stereocenters. The van der Waals surface area contributed by atoms with Gasteiger partial charge >= 0.3 is 5.97 Å². The molecule has 0 aliphatic carbocycles. The van der Waals surface area contributed by atoms with Crippen LogP contribution in [0.3, 0.4) is 0 Å². The van der Waals surface area contributed by atoms with Crippen LogP contribution in [0.25, 0.3) is 5.69 Å². The number of aliphatic carboxylic acids is 1. The minimum Gasteiger partial charge on any atom is -0.481 e. The second-order valence-electron chi connectivity index (χ2n) is 9.84. The highest BCUT2D eigenvalue weighted by Gasteiger charge is 2.36. The Balaban J connectivity index is 1.96. The highest BCUT2D eigenvalue weighted by molar-refractivity contribution is 6.42. The number of carbonyl (C=O) groups is 2. The number of carbonyl (C=O) groups excluding carboxylic acids is 1. The Bertz CT molecular complexity index is 1290. The van der Waals surface area contributed by atoms with Gasteiger partial charge in [-0.25, -0.2) is 9.07 Å². The highest BCUT2D eigenvalue weighted by Crippen LogP contribution is 2.33. The Morgan fingerprint density at radius 1 is 1.14 bits per heavy atom. The van der Waals surface area contributed by atoms with E-state index in [1.807, 2.05) is 20.8 Å². The predicted molar refractivity (Wildman–Crippen MR) is 138 cm³/mol. The maximum Gasteiger partial charge on any atom is 0.305 e. The van der Waals surface area contributed by atoms with Gasteiger partial charge in [-0.15, -0.1) is 0 Å². The summed E-state index contributed by atoms with van der Waals surface area (Å²) in [5, 5.41) is 27.5. The summed E-state index contributed by atoms with van der Waals surface area (Å²) in [5.74, 6) is -2.19. The Labute approximate surface area is 224 Å². The number of benzene rings is 2. The third-order valence-electron chi connectivity index (χ3n) is 6.14. The minimum atomic E-state index is -1.23. The first-order chi connectivity index (χ1) is 17.2. The summed E-state index contributed by atoms with van der Waals surface area (Å²) in [6.07, 6.45) is -0.456. The van der Waals surface area contributed by atoms with E-state index in [1.165, 1.54) is 35.0 Å². The molecule has 3 aromatic rings. The predicted octanol–water partition coefficient (Wildman–Crippen LogP) is 5.44. The quantitative estimate of drug-likeness (QED) is 0.326. The number of hydrogen-bond acceptors (Lipinski definition) is 5. The molecule has 37 heavy (non-hydrogen) atoms. The first kappa shape index (κ1) is 28.4. The Morgan fingerprint density at radius 3 is 2.38 bits per heavy atom. The molecule has 11 heteroatoms. The lowest BCUT2D eigenvalue weighted by molar-refractivity contribution is -0.137. The molecule has 0 unspecified atom stereocenters. The standard InChI is InChI=1S/C26H28Cl2FN3O5/c1-25(2,3)26(4,36)14-37-21-12-20(31-32(21)16-10-8-15(29)9-11-16)24(35)30-19(13-22(33)34)17-6-5-7-18(27)23(17)28/h5-12,19,36H,13-14H2,1-4H3,(H,30,35)(H,33,34)/t19-,26-/m0/s1. The SMILES string of the molecule is CC(C)(C)[C@@](C)(O)COc1cc(C(=O)N[C@@H](CC(=O)O)c2cccc(Cl)c2Cl)nn1-c1ccc(F)cc1. The zero-order chi connectivity index (χ0) is 27.5. The average Bonchev–Trinajstić information content (AvgIpc) is 3.23. The molecule has 0 saturated heterocycles. The van der Waals surface area contributed by atoms with E-state index in [0.717, 1.165) is 0 Å². The number of aromatic nitrogens is 2. The first-order valence-electron chi connectivity index (χ1n) is 11.4. The lowest BCUT2D eigenvalue weighted by Crippen LogP contribution is -2.45. The summed E-state index contributed by atoms with van der Waals surface area (Å²) < 4.78 is 20.7. The number of ether oxygens (including phenoxy) is 1. The van der Waals surface area contributed by atoms with Crippen LogP contribution in [0.2, 0.25) is 10.0 Å². The molecular weight excluding hydrogens is 524 g/mol. The second-order valence-corrected chi connectivity index (χ2v) is 10.6. The molecular formula is C26H28Cl2FN3O5. The fourth-order valence-corrected chi connectivity index (χ4v) is 3.65. The summed E-state index contributed by atoms with van der Waals surface area (Å²) >= 11 is 12.4. The summed E-state index contributed by atoms with van der Waals surface area (Å²) in [6.45, 7) is 7.08. The number of carboxylic acids is 1. The van der Waals surface area contributed by atoms with Gasteiger partial charge in [0.05, 0.1) is 28.2 Å². The van der Waals surface area contributed by atoms with E-state index in [9.17, 15) is 24.2 Å². The van der Waals surface area contributed by atoms with Crippen molar-refractivity contribution in [1.29, 1.82) is 0 Å². The van der Waals surface area contributed by atoms with E-state index in [0.29, 0.717) is 11.3 Å². The molecule has 0 fully saturated rings. The van der Waals surface area contributed by atoms with Gasteiger partial charge in [0, 0.05) is 6.07 Å². The van der Waals surface area contributed by atoms with E-state index in [2.05, 4.69) is 10.4 Å². The fourth-order valence-electron chi connectivity index (χ4n) is 3.21. The number of nitrogens with zero attached hydrogens (tertiary/aromatic N) is 2. The third-order valence-corrected chi connectivity index (χ3v) is 6.97. The van der Waals surface area contributed by atoms with Gasteiger partial charge in [0.15, 0.2) is 5.69 Å². The van der Waals surface area contributed by atoms with E-state index >= 15 is 0 Å². The molecule has 0 saturated carbocycles. The lowest BCUT2D eigenvalue weighted by Gasteiger charge is -2.36. The van der Waals surface area contributed by atoms with Gasteiger partial charge in [-0.3, -0.25) is 9.59 Å². The molecule has 0 aliphatic rings. The van der Waals surface area contributed by atoms with E-state index in [-0.39, 0.29) is 28.2 Å². The van der Waals surface area contributed by atoms with Crippen LogP contribution in [-0.4, -0.2) is 44.1 Å². The van der Waals surface area contributed by atoms with Crippen molar-refractivity contribution >= 4 is 35.1 Å². The number of carboxylic acid groups (broad SMARTS) is 1. The van der Waals surface area contributed by atoms with Gasteiger partial charge < -0.3 is 20.3 Å². The van der Waals surface area contributed by atoms with Gasteiger partial charge in [0.2, 0.25) is 5.88 Å². The summed E-state index contributed by atoms with van der Waals surface area (Å²) in [6, 6.07) is 10.4. The number of halogens is 3.